The molecule has 8 nitrogen and oxygen atoms in total. The summed E-state index contributed by atoms with van der Waals surface area (Å²) in [5.74, 6) is -1.07. The monoisotopic (exact) mass is 435 g/mol. The molecule has 2 amide bonds. The van der Waals surface area contributed by atoms with E-state index in [4.69, 9.17) is 0 Å². The standard InChI is InChI=1S/C23H40N6O2/c1-6-28(7-2)13-12-24-22(30)23(31)25-18-21(29-16-14-27(5)15-17-29)19-8-10-20(11-9-19)26(3)4/h8-11,21H,6-7,12-18H2,1-5H3,(H,24,30)(H,25,31)/p+3/t21-/m1/s1. The number of nitrogens with one attached hydrogen (secondary N) is 5. The molecule has 0 saturated carbocycles. The van der Waals surface area contributed by atoms with Gasteiger partial charge in [-0.15, -0.1) is 0 Å². The Balaban J connectivity index is 1.97. The van der Waals surface area contributed by atoms with E-state index in [1.165, 1.54) is 15.4 Å². The van der Waals surface area contributed by atoms with Gasteiger partial charge in [0.05, 0.1) is 39.8 Å². The van der Waals surface area contributed by atoms with Crippen molar-refractivity contribution in [3.63, 3.8) is 0 Å². The Bertz CT molecular complexity index is 682. The number of anilines is 1. The highest BCUT2D eigenvalue weighted by molar-refractivity contribution is 6.35. The molecule has 1 aromatic rings. The molecule has 1 aliphatic heterocycles. The van der Waals surface area contributed by atoms with Gasteiger partial charge >= 0.3 is 11.8 Å². The predicted octanol–water partition coefficient (Wildman–Crippen LogP) is -3.64. The molecule has 1 aliphatic rings. The average molecular weight is 436 g/mol. The van der Waals surface area contributed by atoms with Crippen LogP contribution in [-0.2, 0) is 9.59 Å². The lowest BCUT2D eigenvalue weighted by Gasteiger charge is -2.33. The summed E-state index contributed by atoms with van der Waals surface area (Å²) in [7, 11) is 6.28. The molecular weight excluding hydrogens is 392 g/mol. The second kappa shape index (κ2) is 12.6. The Morgan fingerprint density at radius 2 is 1.58 bits per heavy atom. The number of hydrogen-bond acceptors (Lipinski definition) is 3. The molecule has 174 valence electrons. The Kier molecular flexibility index (Phi) is 10.2. The van der Waals surface area contributed by atoms with Crippen LogP contribution in [0.25, 0.3) is 0 Å². The van der Waals surface area contributed by atoms with Crippen molar-refractivity contribution in [1.82, 2.24) is 10.6 Å². The molecule has 0 aromatic heterocycles. The van der Waals surface area contributed by atoms with Gasteiger partial charge in [-0.05, 0) is 26.0 Å². The number of piperazine rings is 1. The predicted molar refractivity (Wildman–Crippen MR) is 124 cm³/mol. The lowest BCUT2D eigenvalue weighted by Crippen LogP contribution is -3.27. The Morgan fingerprint density at radius 3 is 2.13 bits per heavy atom. The fourth-order valence-corrected chi connectivity index (χ4v) is 4.16. The van der Waals surface area contributed by atoms with E-state index in [1.807, 2.05) is 14.1 Å². The van der Waals surface area contributed by atoms with Crippen LogP contribution in [0.3, 0.4) is 0 Å². The van der Waals surface area contributed by atoms with Crippen molar-refractivity contribution >= 4 is 17.5 Å². The van der Waals surface area contributed by atoms with E-state index in [2.05, 4.69) is 60.7 Å². The summed E-state index contributed by atoms with van der Waals surface area (Å²) < 4.78 is 0. The molecule has 1 heterocycles. The van der Waals surface area contributed by atoms with Crippen LogP contribution in [0.2, 0.25) is 0 Å². The van der Waals surface area contributed by atoms with Crippen molar-refractivity contribution in [2.24, 2.45) is 0 Å². The first-order valence-electron chi connectivity index (χ1n) is 11.7. The zero-order valence-corrected chi connectivity index (χ0v) is 20.0. The smallest absolute Gasteiger partial charge is 0.309 e. The highest BCUT2D eigenvalue weighted by Gasteiger charge is 2.30. The maximum absolute atomic E-state index is 12.4. The van der Waals surface area contributed by atoms with Gasteiger partial charge in [-0.25, -0.2) is 0 Å². The number of hydrogen-bond donors (Lipinski definition) is 5. The number of likely N-dealkylation sites (N-methyl/N-ethyl adjacent to an activating group) is 2. The van der Waals surface area contributed by atoms with Crippen molar-refractivity contribution in [3.8, 4) is 0 Å². The van der Waals surface area contributed by atoms with Crippen LogP contribution in [0, 0.1) is 0 Å². The fourth-order valence-electron chi connectivity index (χ4n) is 4.16. The molecule has 1 saturated heterocycles. The number of rotatable bonds is 10. The molecule has 1 fully saturated rings. The molecule has 1 aromatic carbocycles. The van der Waals surface area contributed by atoms with Gasteiger partial charge in [-0.3, -0.25) is 9.59 Å². The molecule has 0 unspecified atom stereocenters. The second-order valence-electron chi connectivity index (χ2n) is 8.83. The largest absolute Gasteiger partial charge is 0.378 e. The number of amides is 2. The number of quaternary nitrogens is 3. The lowest BCUT2D eigenvalue weighted by molar-refractivity contribution is -1.02. The minimum absolute atomic E-state index is 0.140. The van der Waals surface area contributed by atoms with Crippen molar-refractivity contribution in [3.05, 3.63) is 29.8 Å². The molecule has 0 spiro atoms. The van der Waals surface area contributed by atoms with Gasteiger partial charge in [0.1, 0.15) is 32.2 Å². The van der Waals surface area contributed by atoms with Gasteiger partial charge < -0.3 is 30.2 Å². The molecular formula is C23H43N6O2+3. The van der Waals surface area contributed by atoms with Crippen molar-refractivity contribution in [2.75, 3.05) is 84.9 Å². The fraction of sp³-hybridized carbons (Fsp3) is 0.652. The molecule has 5 N–H and O–H groups in total. The third-order valence-corrected chi connectivity index (χ3v) is 6.49. The number of carbonyl (C=O) groups excluding carboxylic acids is 2. The highest BCUT2D eigenvalue weighted by atomic mass is 16.2. The van der Waals surface area contributed by atoms with Gasteiger partial charge in [0.25, 0.3) is 0 Å². The minimum Gasteiger partial charge on any atom is -0.378 e. The first kappa shape index (κ1) is 25.1. The zero-order chi connectivity index (χ0) is 22.8. The lowest BCUT2D eigenvalue weighted by atomic mass is 10.0. The molecule has 8 heteroatoms. The molecule has 1 atom stereocenters. The summed E-state index contributed by atoms with van der Waals surface area (Å²) in [6.45, 7) is 12.4. The van der Waals surface area contributed by atoms with Crippen LogP contribution in [0.4, 0.5) is 5.69 Å². The summed E-state index contributed by atoms with van der Waals surface area (Å²) in [5.41, 5.74) is 2.35. The van der Waals surface area contributed by atoms with Crippen molar-refractivity contribution in [2.45, 2.75) is 19.9 Å². The second-order valence-corrected chi connectivity index (χ2v) is 8.83. The van der Waals surface area contributed by atoms with E-state index in [9.17, 15) is 9.59 Å². The maximum Gasteiger partial charge on any atom is 0.309 e. The molecule has 0 radical (unpaired) electrons. The van der Waals surface area contributed by atoms with Crippen LogP contribution < -0.4 is 30.2 Å². The normalized spacial score (nSPS) is 19.7. The van der Waals surface area contributed by atoms with E-state index >= 15 is 0 Å². The van der Waals surface area contributed by atoms with Crippen molar-refractivity contribution in [1.29, 1.82) is 0 Å². The van der Waals surface area contributed by atoms with Gasteiger partial charge in [0.2, 0.25) is 0 Å². The molecule has 0 aliphatic carbocycles. The van der Waals surface area contributed by atoms with Crippen molar-refractivity contribution < 1.29 is 24.3 Å². The molecule has 0 bridgehead atoms. The first-order chi connectivity index (χ1) is 14.8. The van der Waals surface area contributed by atoms with Crippen LogP contribution in [0.15, 0.2) is 24.3 Å². The van der Waals surface area contributed by atoms with E-state index in [0.717, 1.165) is 51.5 Å². The average Bonchev–Trinajstić information content (AvgIpc) is 2.78. The highest BCUT2D eigenvalue weighted by Crippen LogP contribution is 2.16. The Morgan fingerprint density at radius 1 is 1.00 bits per heavy atom. The summed E-state index contributed by atoms with van der Waals surface area (Å²) in [6.07, 6.45) is 0. The summed E-state index contributed by atoms with van der Waals surface area (Å²) in [5, 5.41) is 5.66. The topological polar surface area (TPSA) is 74.8 Å². The Labute approximate surface area is 187 Å². The summed E-state index contributed by atoms with van der Waals surface area (Å²) in [6, 6.07) is 8.68. The number of benzene rings is 1. The summed E-state index contributed by atoms with van der Waals surface area (Å²) in [4.78, 5) is 31.2. The van der Waals surface area contributed by atoms with Gasteiger partial charge in [0, 0.05) is 25.3 Å². The van der Waals surface area contributed by atoms with Crippen LogP contribution in [0.5, 0.6) is 0 Å². The van der Waals surface area contributed by atoms with Crippen LogP contribution in [0.1, 0.15) is 25.5 Å². The van der Waals surface area contributed by atoms with E-state index in [-0.39, 0.29) is 6.04 Å². The Hall–Kier alpha value is -2.16. The maximum atomic E-state index is 12.4. The van der Waals surface area contributed by atoms with E-state index in [1.54, 1.807) is 4.90 Å². The van der Waals surface area contributed by atoms with E-state index in [0.29, 0.717) is 13.1 Å². The molecule has 31 heavy (non-hydrogen) atoms. The number of nitrogens with zero attached hydrogens (tertiary/aromatic N) is 1. The minimum atomic E-state index is -0.538. The van der Waals surface area contributed by atoms with E-state index < -0.39 is 11.8 Å². The van der Waals surface area contributed by atoms with Gasteiger partial charge in [-0.2, -0.15) is 0 Å². The first-order valence-corrected chi connectivity index (χ1v) is 11.7. The van der Waals surface area contributed by atoms with Gasteiger partial charge in [0.15, 0.2) is 0 Å². The molecule has 2 rings (SSSR count). The van der Waals surface area contributed by atoms with Crippen LogP contribution >= 0.6 is 0 Å². The van der Waals surface area contributed by atoms with Crippen LogP contribution in [-0.4, -0.2) is 91.9 Å². The zero-order valence-electron chi connectivity index (χ0n) is 20.0. The third kappa shape index (κ3) is 7.79. The summed E-state index contributed by atoms with van der Waals surface area (Å²) >= 11 is 0. The quantitative estimate of drug-likeness (QED) is 0.246. The number of carbonyl (C=O) groups is 2. The van der Waals surface area contributed by atoms with Gasteiger partial charge in [-0.1, -0.05) is 12.1 Å². The SMILES string of the molecule is CC[NH+](CC)CCNC(=O)C(=O)NC[C@H](c1ccc(N(C)C)cc1)[NH+]1CC[NH+](C)CC1. The third-order valence-electron chi connectivity index (χ3n) is 6.49.